The van der Waals surface area contributed by atoms with Crippen LogP contribution >= 0.6 is 39.1 Å². The molecule has 2 rings (SSSR count). The van der Waals surface area contributed by atoms with Gasteiger partial charge in [0.05, 0.1) is 22.0 Å². The molecule has 1 N–H and O–H groups in total. The molecule has 0 spiro atoms. The first-order valence-electron chi connectivity index (χ1n) is 11.0. The number of amides is 2. The second-order valence-electron chi connectivity index (χ2n) is 8.47. The van der Waals surface area contributed by atoms with Crippen LogP contribution < -0.4 is 9.62 Å². The fourth-order valence-electron chi connectivity index (χ4n) is 3.28. The molecule has 2 atom stereocenters. The molecule has 0 saturated heterocycles. The summed E-state index contributed by atoms with van der Waals surface area (Å²) in [7, 11) is -3.80. The van der Waals surface area contributed by atoms with Gasteiger partial charge in [0.15, 0.2) is 0 Å². The predicted molar refractivity (Wildman–Crippen MR) is 145 cm³/mol. The van der Waals surface area contributed by atoms with Gasteiger partial charge in [-0.2, -0.15) is 0 Å². The minimum Gasteiger partial charge on any atom is -0.352 e. The number of hydrogen-bond donors (Lipinski definition) is 1. The van der Waals surface area contributed by atoms with Gasteiger partial charge in [-0.15, -0.1) is 0 Å². The third kappa shape index (κ3) is 8.10. The minimum absolute atomic E-state index is 0.0434. The summed E-state index contributed by atoms with van der Waals surface area (Å²) in [6.45, 7) is 6.83. The third-order valence-electron chi connectivity index (χ3n) is 5.61. The van der Waals surface area contributed by atoms with Crippen LogP contribution in [0.25, 0.3) is 0 Å². The number of carbonyl (C=O) groups excluding carboxylic acids is 2. The summed E-state index contributed by atoms with van der Waals surface area (Å²) in [5.41, 5.74) is 1.83. The Labute approximate surface area is 225 Å². The first-order chi connectivity index (χ1) is 16.2. The van der Waals surface area contributed by atoms with Crippen LogP contribution in [0.2, 0.25) is 10.0 Å². The van der Waals surface area contributed by atoms with Crippen LogP contribution in [0.1, 0.15) is 38.3 Å². The maximum absolute atomic E-state index is 13.6. The first-order valence-corrected chi connectivity index (χ1v) is 14.4. The van der Waals surface area contributed by atoms with Crippen LogP contribution in [0.15, 0.2) is 40.9 Å². The van der Waals surface area contributed by atoms with Crippen molar-refractivity contribution in [3.05, 3.63) is 62.0 Å². The molecule has 2 unspecified atom stereocenters. The second kappa shape index (κ2) is 12.4. The molecule has 7 nitrogen and oxygen atoms in total. The standard InChI is InChI=1S/C24H30BrCl2N3O4S/c1-6-16(3)28-24(32)17(4)29(13-18-7-10-21(26)22(27)12-18)23(31)14-30(35(5,33)34)19-8-9-20(25)15(2)11-19/h7-12,16-17H,6,13-14H2,1-5H3,(H,28,32). The Morgan fingerprint density at radius 2 is 1.74 bits per heavy atom. The lowest BCUT2D eigenvalue weighted by Gasteiger charge is -2.32. The number of nitrogens with one attached hydrogen (secondary N) is 1. The zero-order chi connectivity index (χ0) is 26.5. The maximum atomic E-state index is 13.6. The molecule has 2 aromatic rings. The highest BCUT2D eigenvalue weighted by Crippen LogP contribution is 2.26. The van der Waals surface area contributed by atoms with Gasteiger partial charge in [0.25, 0.3) is 0 Å². The number of carbonyl (C=O) groups is 2. The summed E-state index contributed by atoms with van der Waals surface area (Å²) in [4.78, 5) is 27.8. The first kappa shape index (κ1) is 29.4. The van der Waals surface area contributed by atoms with Gasteiger partial charge >= 0.3 is 0 Å². The van der Waals surface area contributed by atoms with Crippen molar-refractivity contribution in [2.45, 2.75) is 52.7 Å². The summed E-state index contributed by atoms with van der Waals surface area (Å²) < 4.78 is 27.1. The Bertz CT molecular complexity index is 1190. The molecule has 2 aromatic carbocycles. The average molecular weight is 607 g/mol. The van der Waals surface area contributed by atoms with Gasteiger partial charge in [-0.25, -0.2) is 8.42 Å². The quantitative estimate of drug-likeness (QED) is 0.405. The van der Waals surface area contributed by atoms with Crippen LogP contribution in [-0.2, 0) is 26.2 Å². The molecule has 0 bridgehead atoms. The number of nitrogens with zero attached hydrogens (tertiary/aromatic N) is 2. The zero-order valence-electron chi connectivity index (χ0n) is 20.3. The van der Waals surface area contributed by atoms with Crippen molar-refractivity contribution in [3.8, 4) is 0 Å². The highest BCUT2D eigenvalue weighted by Gasteiger charge is 2.30. The number of aryl methyl sites for hydroxylation is 1. The van der Waals surface area contributed by atoms with E-state index in [2.05, 4.69) is 21.2 Å². The lowest BCUT2D eigenvalue weighted by atomic mass is 10.1. The summed E-state index contributed by atoms with van der Waals surface area (Å²) in [5, 5.41) is 3.56. The van der Waals surface area contributed by atoms with E-state index in [1.165, 1.54) is 4.90 Å². The van der Waals surface area contributed by atoms with Crippen LogP contribution in [0, 0.1) is 6.92 Å². The fourth-order valence-corrected chi connectivity index (χ4v) is 4.69. The number of rotatable bonds is 10. The summed E-state index contributed by atoms with van der Waals surface area (Å²) >= 11 is 15.6. The van der Waals surface area contributed by atoms with Gasteiger partial charge in [-0.3, -0.25) is 13.9 Å². The van der Waals surface area contributed by atoms with Crippen LogP contribution in [0.5, 0.6) is 0 Å². The minimum atomic E-state index is -3.80. The highest BCUT2D eigenvalue weighted by atomic mass is 79.9. The van der Waals surface area contributed by atoms with E-state index in [4.69, 9.17) is 23.2 Å². The van der Waals surface area contributed by atoms with Crippen molar-refractivity contribution in [2.24, 2.45) is 0 Å². The summed E-state index contributed by atoms with van der Waals surface area (Å²) in [5.74, 6) is -0.868. The van der Waals surface area contributed by atoms with E-state index in [-0.39, 0.29) is 18.5 Å². The fraction of sp³-hybridized carbons (Fsp3) is 0.417. The molecule has 0 heterocycles. The lowest BCUT2D eigenvalue weighted by Crippen LogP contribution is -2.52. The van der Waals surface area contributed by atoms with Crippen molar-refractivity contribution in [3.63, 3.8) is 0 Å². The van der Waals surface area contributed by atoms with Crippen molar-refractivity contribution < 1.29 is 18.0 Å². The van der Waals surface area contributed by atoms with Crippen molar-refractivity contribution in [1.82, 2.24) is 10.2 Å². The van der Waals surface area contributed by atoms with Crippen LogP contribution in [0.4, 0.5) is 5.69 Å². The summed E-state index contributed by atoms with van der Waals surface area (Å²) in [6.07, 6.45) is 1.77. The van der Waals surface area contributed by atoms with E-state index in [1.54, 1.807) is 43.3 Å². The van der Waals surface area contributed by atoms with Gasteiger partial charge in [-0.1, -0.05) is 52.1 Å². The number of benzene rings is 2. The Morgan fingerprint density at radius 3 is 2.29 bits per heavy atom. The molecule has 0 aliphatic heterocycles. The normalized spacial score (nSPS) is 13.1. The Hall–Kier alpha value is -1.81. The molecule has 0 aliphatic rings. The molecule has 11 heteroatoms. The Kier molecular flexibility index (Phi) is 10.4. The van der Waals surface area contributed by atoms with E-state index in [0.717, 1.165) is 27.0 Å². The molecule has 192 valence electrons. The smallest absolute Gasteiger partial charge is 0.244 e. The molecule has 0 aromatic heterocycles. The van der Waals surface area contributed by atoms with Gasteiger partial charge in [-0.05, 0) is 68.7 Å². The van der Waals surface area contributed by atoms with Crippen molar-refractivity contribution in [2.75, 3.05) is 17.1 Å². The molecular weight excluding hydrogens is 577 g/mol. The molecule has 0 aliphatic carbocycles. The molecule has 0 radical (unpaired) electrons. The third-order valence-corrected chi connectivity index (χ3v) is 8.38. The lowest BCUT2D eigenvalue weighted by molar-refractivity contribution is -0.139. The van der Waals surface area contributed by atoms with E-state index in [1.807, 2.05) is 20.8 Å². The van der Waals surface area contributed by atoms with E-state index < -0.39 is 28.5 Å². The van der Waals surface area contributed by atoms with Crippen LogP contribution in [-0.4, -0.2) is 50.0 Å². The number of hydrogen-bond acceptors (Lipinski definition) is 4. The molecule has 0 fully saturated rings. The van der Waals surface area contributed by atoms with Crippen molar-refractivity contribution in [1.29, 1.82) is 0 Å². The average Bonchev–Trinajstić information content (AvgIpc) is 2.78. The molecule has 0 saturated carbocycles. The Morgan fingerprint density at radius 1 is 1.09 bits per heavy atom. The van der Waals surface area contributed by atoms with Gasteiger partial charge in [0.1, 0.15) is 12.6 Å². The van der Waals surface area contributed by atoms with Crippen LogP contribution in [0.3, 0.4) is 0 Å². The van der Waals surface area contributed by atoms with Gasteiger partial charge in [0, 0.05) is 17.1 Å². The molecule has 35 heavy (non-hydrogen) atoms. The number of halogens is 3. The van der Waals surface area contributed by atoms with E-state index in [0.29, 0.717) is 21.3 Å². The molecule has 2 amide bonds. The predicted octanol–water partition coefficient (Wildman–Crippen LogP) is 5.16. The second-order valence-corrected chi connectivity index (χ2v) is 12.0. The molecular formula is C24H30BrCl2N3O4S. The van der Waals surface area contributed by atoms with Crippen molar-refractivity contribution >= 4 is 66.7 Å². The monoisotopic (exact) mass is 605 g/mol. The maximum Gasteiger partial charge on any atom is 0.244 e. The zero-order valence-corrected chi connectivity index (χ0v) is 24.2. The van der Waals surface area contributed by atoms with E-state index >= 15 is 0 Å². The van der Waals surface area contributed by atoms with Gasteiger partial charge < -0.3 is 10.2 Å². The number of anilines is 1. The Balaban J connectivity index is 2.43. The topological polar surface area (TPSA) is 86.8 Å². The highest BCUT2D eigenvalue weighted by molar-refractivity contribution is 9.10. The van der Waals surface area contributed by atoms with E-state index in [9.17, 15) is 18.0 Å². The van der Waals surface area contributed by atoms with Gasteiger partial charge in [0.2, 0.25) is 21.8 Å². The largest absolute Gasteiger partial charge is 0.352 e. The number of sulfonamides is 1. The summed E-state index contributed by atoms with van der Waals surface area (Å²) in [6, 6.07) is 9.02. The SMILES string of the molecule is CCC(C)NC(=O)C(C)N(Cc1ccc(Cl)c(Cl)c1)C(=O)CN(c1ccc(Br)c(C)c1)S(C)(=O)=O.